The molecule has 2 aromatic rings. The second-order valence-electron chi connectivity index (χ2n) is 4.75. The van der Waals surface area contributed by atoms with Crippen LogP contribution in [0.25, 0.3) is 11.3 Å². The van der Waals surface area contributed by atoms with Crippen molar-refractivity contribution in [3.63, 3.8) is 0 Å². The fourth-order valence-electron chi connectivity index (χ4n) is 2.01. The van der Waals surface area contributed by atoms with Crippen molar-refractivity contribution in [2.75, 3.05) is 0 Å². The normalized spacial score (nSPS) is 10.4. The highest BCUT2D eigenvalue weighted by Crippen LogP contribution is 2.17. The summed E-state index contributed by atoms with van der Waals surface area (Å²) in [5, 5.41) is 8.78. The van der Waals surface area contributed by atoms with E-state index in [9.17, 15) is 4.79 Å². The highest BCUT2D eigenvalue weighted by Gasteiger charge is 2.06. The van der Waals surface area contributed by atoms with E-state index < -0.39 is 5.97 Å². The molecule has 20 heavy (non-hydrogen) atoms. The smallest absolute Gasteiger partial charge is 0.356 e. The number of carboxylic acid groups (broad SMARTS) is 1. The molecule has 2 rings (SSSR count). The molecule has 0 saturated heterocycles. The third kappa shape index (κ3) is 3.63. The number of aryl methyl sites for hydroxylation is 1. The quantitative estimate of drug-likeness (QED) is 0.815. The third-order valence-corrected chi connectivity index (χ3v) is 3.19. The number of benzene rings is 1. The largest absolute Gasteiger partial charge is 0.476 e. The van der Waals surface area contributed by atoms with Gasteiger partial charge in [-0.15, -0.1) is 0 Å². The first-order valence-electron chi connectivity index (χ1n) is 6.85. The maximum absolute atomic E-state index is 10.7. The number of aromatic nitrogens is 2. The zero-order valence-corrected chi connectivity index (χ0v) is 11.5. The fourth-order valence-corrected chi connectivity index (χ4v) is 2.01. The lowest BCUT2D eigenvalue weighted by Gasteiger charge is -2.04. The first-order valence-corrected chi connectivity index (χ1v) is 6.85. The van der Waals surface area contributed by atoms with Gasteiger partial charge in [0, 0.05) is 5.56 Å². The Labute approximate surface area is 118 Å². The molecule has 104 valence electrons. The van der Waals surface area contributed by atoms with Crippen LogP contribution in [0.3, 0.4) is 0 Å². The summed E-state index contributed by atoms with van der Waals surface area (Å²) in [6.07, 6.45) is 7.57. The number of rotatable bonds is 6. The molecule has 1 heterocycles. The average Bonchev–Trinajstić information content (AvgIpc) is 2.48. The molecule has 0 spiro atoms. The van der Waals surface area contributed by atoms with Crippen molar-refractivity contribution in [3.05, 3.63) is 47.9 Å². The Morgan fingerprint density at radius 3 is 2.40 bits per heavy atom. The molecule has 0 atom stereocenters. The summed E-state index contributed by atoms with van der Waals surface area (Å²) in [5.41, 5.74) is 2.92. The zero-order valence-electron chi connectivity index (χ0n) is 11.5. The van der Waals surface area contributed by atoms with Gasteiger partial charge in [-0.3, -0.25) is 4.98 Å². The second-order valence-corrected chi connectivity index (χ2v) is 4.75. The van der Waals surface area contributed by atoms with Crippen LogP contribution in [0, 0.1) is 0 Å². The summed E-state index contributed by atoms with van der Waals surface area (Å²) >= 11 is 0. The van der Waals surface area contributed by atoms with Crippen molar-refractivity contribution in [3.8, 4) is 11.3 Å². The topological polar surface area (TPSA) is 63.1 Å². The van der Waals surface area contributed by atoms with E-state index in [4.69, 9.17) is 5.11 Å². The minimum absolute atomic E-state index is 0.0371. The van der Waals surface area contributed by atoms with Gasteiger partial charge in [0.1, 0.15) is 0 Å². The van der Waals surface area contributed by atoms with Crippen molar-refractivity contribution in [2.45, 2.75) is 32.6 Å². The summed E-state index contributed by atoms with van der Waals surface area (Å²) in [6, 6.07) is 8.20. The van der Waals surface area contributed by atoms with Crippen LogP contribution in [0.2, 0.25) is 0 Å². The van der Waals surface area contributed by atoms with Gasteiger partial charge in [0.05, 0.1) is 18.1 Å². The molecular weight excluding hydrogens is 252 g/mol. The van der Waals surface area contributed by atoms with Crippen molar-refractivity contribution in [2.24, 2.45) is 0 Å². The molecule has 1 aromatic heterocycles. The molecule has 0 aliphatic rings. The lowest BCUT2D eigenvalue weighted by atomic mass is 10.0. The highest BCUT2D eigenvalue weighted by molar-refractivity contribution is 5.85. The molecule has 1 aromatic carbocycles. The molecule has 0 amide bonds. The summed E-state index contributed by atoms with van der Waals surface area (Å²) < 4.78 is 0. The third-order valence-electron chi connectivity index (χ3n) is 3.19. The van der Waals surface area contributed by atoms with Gasteiger partial charge in [0.2, 0.25) is 0 Å². The highest BCUT2D eigenvalue weighted by atomic mass is 16.4. The average molecular weight is 270 g/mol. The number of aromatic carboxylic acids is 1. The van der Waals surface area contributed by atoms with Gasteiger partial charge < -0.3 is 5.11 Å². The van der Waals surface area contributed by atoms with E-state index in [0.29, 0.717) is 5.69 Å². The van der Waals surface area contributed by atoms with Crippen LogP contribution in [0.5, 0.6) is 0 Å². The second kappa shape index (κ2) is 6.80. The summed E-state index contributed by atoms with van der Waals surface area (Å²) in [6.45, 7) is 2.20. The predicted molar refractivity (Wildman–Crippen MR) is 77.7 cm³/mol. The van der Waals surface area contributed by atoms with Crippen molar-refractivity contribution in [1.29, 1.82) is 0 Å². The molecule has 1 N–H and O–H groups in total. The van der Waals surface area contributed by atoms with E-state index in [1.165, 1.54) is 37.2 Å². The summed E-state index contributed by atoms with van der Waals surface area (Å²) in [5.74, 6) is -1.06. The van der Waals surface area contributed by atoms with Crippen LogP contribution in [0.15, 0.2) is 36.7 Å². The van der Waals surface area contributed by atoms with Gasteiger partial charge in [-0.25, -0.2) is 9.78 Å². The van der Waals surface area contributed by atoms with Crippen LogP contribution in [0.1, 0.15) is 42.2 Å². The van der Waals surface area contributed by atoms with E-state index in [1.54, 1.807) is 0 Å². The minimum Gasteiger partial charge on any atom is -0.476 e. The molecule has 4 nitrogen and oxygen atoms in total. The molecule has 0 radical (unpaired) electrons. The molecule has 0 aliphatic heterocycles. The Morgan fingerprint density at radius 1 is 1.10 bits per heavy atom. The summed E-state index contributed by atoms with van der Waals surface area (Å²) in [7, 11) is 0. The number of unbranched alkanes of at least 4 members (excludes halogenated alkanes) is 2. The minimum atomic E-state index is -1.06. The number of nitrogens with zero attached hydrogens (tertiary/aromatic N) is 2. The molecule has 0 saturated carbocycles. The molecule has 0 unspecified atom stereocenters. The first kappa shape index (κ1) is 14.2. The number of hydrogen-bond acceptors (Lipinski definition) is 3. The fraction of sp³-hybridized carbons (Fsp3) is 0.312. The summed E-state index contributed by atoms with van der Waals surface area (Å²) in [4.78, 5) is 18.7. The Kier molecular flexibility index (Phi) is 4.82. The zero-order chi connectivity index (χ0) is 14.4. The molecular formula is C16H18N2O2. The lowest BCUT2D eigenvalue weighted by molar-refractivity contribution is 0.0690. The molecule has 4 heteroatoms. The van der Waals surface area contributed by atoms with E-state index in [1.807, 2.05) is 12.1 Å². The van der Waals surface area contributed by atoms with E-state index in [-0.39, 0.29) is 5.69 Å². The van der Waals surface area contributed by atoms with Gasteiger partial charge in [0.25, 0.3) is 0 Å². The van der Waals surface area contributed by atoms with Crippen LogP contribution < -0.4 is 0 Å². The molecule has 0 fully saturated rings. The lowest BCUT2D eigenvalue weighted by Crippen LogP contribution is -2.01. The van der Waals surface area contributed by atoms with Gasteiger partial charge >= 0.3 is 5.97 Å². The van der Waals surface area contributed by atoms with Crippen molar-refractivity contribution < 1.29 is 9.90 Å². The van der Waals surface area contributed by atoms with Crippen molar-refractivity contribution in [1.82, 2.24) is 9.97 Å². The molecule has 0 aliphatic carbocycles. The number of carboxylic acids is 1. The predicted octanol–water partition coefficient (Wildman–Crippen LogP) is 3.57. The Bertz CT molecular complexity index is 562. The maximum atomic E-state index is 10.7. The Balaban J connectivity index is 2.07. The van der Waals surface area contributed by atoms with E-state index in [2.05, 4.69) is 29.0 Å². The SMILES string of the molecule is CCCCCc1ccc(-c2cnc(C(=O)O)cn2)cc1. The number of hydrogen-bond donors (Lipinski definition) is 1. The van der Waals surface area contributed by atoms with Crippen LogP contribution in [-0.4, -0.2) is 21.0 Å². The van der Waals surface area contributed by atoms with Crippen LogP contribution in [-0.2, 0) is 6.42 Å². The maximum Gasteiger partial charge on any atom is 0.356 e. The van der Waals surface area contributed by atoms with Gasteiger partial charge in [-0.2, -0.15) is 0 Å². The standard InChI is InChI=1S/C16H18N2O2/c1-2-3-4-5-12-6-8-13(9-7-12)14-10-18-15(11-17-14)16(19)20/h6-11H,2-5H2,1H3,(H,19,20). The van der Waals surface area contributed by atoms with Crippen LogP contribution >= 0.6 is 0 Å². The van der Waals surface area contributed by atoms with E-state index >= 15 is 0 Å². The first-order chi connectivity index (χ1) is 9.70. The Hall–Kier alpha value is -2.23. The van der Waals surface area contributed by atoms with E-state index in [0.717, 1.165) is 12.0 Å². The number of carbonyl (C=O) groups is 1. The monoisotopic (exact) mass is 270 g/mol. The van der Waals surface area contributed by atoms with Gasteiger partial charge in [-0.05, 0) is 18.4 Å². The van der Waals surface area contributed by atoms with Gasteiger partial charge in [-0.1, -0.05) is 44.0 Å². The van der Waals surface area contributed by atoms with Gasteiger partial charge in [0.15, 0.2) is 5.69 Å². The van der Waals surface area contributed by atoms with Crippen molar-refractivity contribution >= 4 is 5.97 Å². The van der Waals surface area contributed by atoms with Crippen LogP contribution in [0.4, 0.5) is 0 Å². The molecule has 0 bridgehead atoms. The Morgan fingerprint density at radius 2 is 1.85 bits per heavy atom.